The third-order valence-electron chi connectivity index (χ3n) is 4.07. The summed E-state index contributed by atoms with van der Waals surface area (Å²) in [5.74, 6) is 0.744. The van der Waals surface area contributed by atoms with E-state index < -0.39 is 0 Å². The van der Waals surface area contributed by atoms with Crippen LogP contribution in [-0.2, 0) is 6.42 Å². The van der Waals surface area contributed by atoms with Crippen LogP contribution in [0.4, 0.5) is 0 Å². The largest absolute Gasteiger partial charge is 0.358 e. The summed E-state index contributed by atoms with van der Waals surface area (Å²) in [7, 11) is 2.14. The molecule has 1 heterocycles. The van der Waals surface area contributed by atoms with Crippen molar-refractivity contribution in [3.63, 3.8) is 0 Å². The monoisotopic (exact) mass is 267 g/mol. The average molecular weight is 267 g/mol. The number of rotatable bonds is 2. The predicted octanol–water partition coefficient (Wildman–Crippen LogP) is 2.61. The number of fused-ring (bicyclic) bond motifs is 1. The Balaban J connectivity index is 1.71. The van der Waals surface area contributed by atoms with Crippen molar-refractivity contribution in [2.45, 2.75) is 6.42 Å². The molecule has 3 heteroatoms. The Hall–Kier alpha value is -1.87. The van der Waals surface area contributed by atoms with Gasteiger partial charge in [0.25, 0.3) is 0 Å². The summed E-state index contributed by atoms with van der Waals surface area (Å²) in [5, 5.41) is 10.8. The molecular weight excluding hydrogens is 246 g/mol. The molecule has 0 unspecified atom stereocenters. The van der Waals surface area contributed by atoms with Crippen LogP contribution >= 0.6 is 0 Å². The maximum absolute atomic E-state index is 8.30. The van der Waals surface area contributed by atoms with Crippen molar-refractivity contribution in [3.05, 3.63) is 48.0 Å². The van der Waals surface area contributed by atoms with Crippen LogP contribution in [0.3, 0.4) is 0 Å². The van der Waals surface area contributed by atoms with Gasteiger partial charge in [-0.05, 0) is 23.4 Å². The Kier molecular flexibility index (Phi) is 3.70. The van der Waals surface area contributed by atoms with Gasteiger partial charge in [0, 0.05) is 32.6 Å². The van der Waals surface area contributed by atoms with E-state index in [2.05, 4.69) is 59.3 Å². The van der Waals surface area contributed by atoms with Crippen molar-refractivity contribution >= 4 is 16.6 Å². The highest BCUT2D eigenvalue weighted by atomic mass is 15.3. The third kappa shape index (κ3) is 2.83. The number of nitrogens with one attached hydrogen (secondary N) is 1. The molecule has 104 valence electrons. The van der Waals surface area contributed by atoms with Gasteiger partial charge in [-0.25, -0.2) is 0 Å². The normalized spacial score (nSPS) is 16.6. The summed E-state index contributed by atoms with van der Waals surface area (Å²) in [4.78, 5) is 4.52. The molecule has 0 atom stereocenters. The number of amidine groups is 1. The minimum Gasteiger partial charge on any atom is -0.358 e. The Morgan fingerprint density at radius 2 is 1.70 bits per heavy atom. The lowest BCUT2D eigenvalue weighted by molar-refractivity contribution is 0.213. The molecule has 3 nitrogen and oxygen atoms in total. The molecule has 1 N–H and O–H groups in total. The number of hydrogen-bond donors (Lipinski definition) is 1. The maximum Gasteiger partial charge on any atom is 0.100 e. The van der Waals surface area contributed by atoms with Gasteiger partial charge in [0.1, 0.15) is 5.84 Å². The first-order chi connectivity index (χ1) is 9.72. The van der Waals surface area contributed by atoms with Crippen LogP contribution in [0, 0.1) is 5.41 Å². The molecule has 0 radical (unpaired) electrons. The third-order valence-corrected chi connectivity index (χ3v) is 4.07. The second kappa shape index (κ2) is 5.63. The van der Waals surface area contributed by atoms with Gasteiger partial charge in [-0.1, -0.05) is 42.5 Å². The van der Waals surface area contributed by atoms with E-state index in [0.717, 1.165) is 38.4 Å². The standard InChI is InChI=1S/C17H21N3/c1-19-8-10-20(11-9-19)17(18)13-14-6-7-15-4-2-3-5-16(15)12-14/h2-7,12,18H,8-11,13H2,1H3. The van der Waals surface area contributed by atoms with Crippen LogP contribution in [-0.4, -0.2) is 48.9 Å². The van der Waals surface area contributed by atoms with Gasteiger partial charge in [0.2, 0.25) is 0 Å². The molecule has 1 saturated heterocycles. The average Bonchev–Trinajstić information content (AvgIpc) is 2.48. The molecule has 1 aliphatic heterocycles. The lowest BCUT2D eigenvalue weighted by atomic mass is 10.0. The summed E-state index contributed by atoms with van der Waals surface area (Å²) in [6.07, 6.45) is 0.731. The van der Waals surface area contributed by atoms with E-state index in [9.17, 15) is 0 Å². The van der Waals surface area contributed by atoms with E-state index >= 15 is 0 Å². The van der Waals surface area contributed by atoms with Crippen LogP contribution in [0.25, 0.3) is 10.8 Å². The zero-order valence-corrected chi connectivity index (χ0v) is 12.0. The second-order valence-corrected chi connectivity index (χ2v) is 5.60. The Bertz CT molecular complexity index is 612. The fourth-order valence-electron chi connectivity index (χ4n) is 2.73. The number of hydrogen-bond acceptors (Lipinski definition) is 2. The molecular formula is C17H21N3. The summed E-state index contributed by atoms with van der Waals surface area (Å²) >= 11 is 0. The van der Waals surface area contributed by atoms with Gasteiger partial charge in [0.15, 0.2) is 0 Å². The SMILES string of the molecule is CN1CCN(C(=N)Cc2ccc3ccccc3c2)CC1. The smallest absolute Gasteiger partial charge is 0.100 e. The quantitative estimate of drug-likeness (QED) is 0.669. The zero-order valence-electron chi connectivity index (χ0n) is 12.0. The lowest BCUT2D eigenvalue weighted by Crippen LogP contribution is -2.47. The summed E-state index contributed by atoms with van der Waals surface area (Å²) < 4.78 is 0. The number of nitrogens with zero attached hydrogens (tertiary/aromatic N) is 2. The van der Waals surface area contributed by atoms with Gasteiger partial charge in [0.05, 0.1) is 0 Å². The van der Waals surface area contributed by atoms with Gasteiger partial charge < -0.3 is 9.80 Å². The molecule has 20 heavy (non-hydrogen) atoms. The fourth-order valence-corrected chi connectivity index (χ4v) is 2.73. The highest BCUT2D eigenvalue weighted by molar-refractivity contribution is 5.86. The van der Waals surface area contributed by atoms with Gasteiger partial charge in [-0.15, -0.1) is 0 Å². The van der Waals surface area contributed by atoms with E-state index in [4.69, 9.17) is 5.41 Å². The van der Waals surface area contributed by atoms with Gasteiger partial charge in [-0.3, -0.25) is 5.41 Å². The number of likely N-dealkylation sites (N-methyl/N-ethyl adjacent to an activating group) is 1. The second-order valence-electron chi connectivity index (χ2n) is 5.60. The summed E-state index contributed by atoms with van der Waals surface area (Å²) in [6.45, 7) is 4.06. The zero-order chi connectivity index (χ0) is 13.9. The lowest BCUT2D eigenvalue weighted by Gasteiger charge is -2.34. The van der Waals surface area contributed by atoms with Crippen LogP contribution in [0.5, 0.6) is 0 Å². The molecule has 0 aromatic heterocycles. The minimum atomic E-state index is 0.731. The molecule has 0 bridgehead atoms. The van der Waals surface area contributed by atoms with Crippen molar-refractivity contribution in [2.75, 3.05) is 33.2 Å². The van der Waals surface area contributed by atoms with Crippen molar-refractivity contribution in [3.8, 4) is 0 Å². The Labute approximate surface area is 120 Å². The van der Waals surface area contributed by atoms with Gasteiger partial charge >= 0.3 is 0 Å². The molecule has 1 aliphatic rings. The first kappa shape index (κ1) is 13.1. The molecule has 0 spiro atoms. The van der Waals surface area contributed by atoms with Gasteiger partial charge in [-0.2, -0.15) is 0 Å². The van der Waals surface area contributed by atoms with E-state index in [1.54, 1.807) is 0 Å². The molecule has 0 saturated carbocycles. The highest BCUT2D eigenvalue weighted by Crippen LogP contribution is 2.16. The van der Waals surface area contributed by atoms with Crippen molar-refractivity contribution in [1.82, 2.24) is 9.80 Å². The van der Waals surface area contributed by atoms with E-state index in [0.29, 0.717) is 0 Å². The van der Waals surface area contributed by atoms with Crippen molar-refractivity contribution in [2.24, 2.45) is 0 Å². The Morgan fingerprint density at radius 1 is 1.00 bits per heavy atom. The fraction of sp³-hybridized carbons (Fsp3) is 0.353. The molecule has 0 amide bonds. The predicted molar refractivity (Wildman–Crippen MR) is 84.4 cm³/mol. The molecule has 1 fully saturated rings. The number of benzene rings is 2. The topological polar surface area (TPSA) is 30.3 Å². The number of piperazine rings is 1. The van der Waals surface area contributed by atoms with E-state index in [1.165, 1.54) is 16.3 Å². The highest BCUT2D eigenvalue weighted by Gasteiger charge is 2.16. The van der Waals surface area contributed by atoms with Crippen LogP contribution in [0.15, 0.2) is 42.5 Å². The minimum absolute atomic E-state index is 0.731. The van der Waals surface area contributed by atoms with Crippen LogP contribution in [0.1, 0.15) is 5.56 Å². The Morgan fingerprint density at radius 3 is 2.45 bits per heavy atom. The molecule has 3 rings (SSSR count). The van der Waals surface area contributed by atoms with Crippen molar-refractivity contribution in [1.29, 1.82) is 5.41 Å². The molecule has 0 aliphatic carbocycles. The molecule has 2 aromatic rings. The van der Waals surface area contributed by atoms with E-state index in [-0.39, 0.29) is 0 Å². The van der Waals surface area contributed by atoms with Crippen LogP contribution < -0.4 is 0 Å². The first-order valence-electron chi connectivity index (χ1n) is 7.21. The maximum atomic E-state index is 8.30. The molecule has 2 aromatic carbocycles. The summed E-state index contributed by atoms with van der Waals surface area (Å²) in [5.41, 5.74) is 1.23. The van der Waals surface area contributed by atoms with Crippen LogP contribution in [0.2, 0.25) is 0 Å². The van der Waals surface area contributed by atoms with E-state index in [1.807, 2.05) is 0 Å². The summed E-state index contributed by atoms with van der Waals surface area (Å²) in [6, 6.07) is 14.9. The van der Waals surface area contributed by atoms with Crippen molar-refractivity contribution < 1.29 is 0 Å². The first-order valence-corrected chi connectivity index (χ1v) is 7.21.